The van der Waals surface area contributed by atoms with Crippen LogP contribution in [0.2, 0.25) is 0 Å². The van der Waals surface area contributed by atoms with E-state index in [9.17, 15) is 0 Å². The molecule has 2 aromatic heterocycles. The van der Waals surface area contributed by atoms with Crippen LogP contribution in [0.3, 0.4) is 0 Å². The summed E-state index contributed by atoms with van der Waals surface area (Å²) >= 11 is 5.90. The molecule has 2 heterocycles. The largest absolute Gasteiger partial charge is 0.383 e. The lowest BCUT2D eigenvalue weighted by molar-refractivity contribution is 0.153. The molecule has 0 bridgehead atoms. The summed E-state index contributed by atoms with van der Waals surface area (Å²) in [6, 6.07) is 2.24. The van der Waals surface area contributed by atoms with Gasteiger partial charge in [0.15, 0.2) is 5.65 Å². The molecule has 5 heteroatoms. The van der Waals surface area contributed by atoms with Crippen molar-refractivity contribution in [3.63, 3.8) is 0 Å². The maximum absolute atomic E-state index is 5.90. The number of hydrogen-bond acceptors (Lipinski definition) is 3. The molecule has 0 aromatic carbocycles. The van der Waals surface area contributed by atoms with E-state index >= 15 is 0 Å². The molecule has 4 nitrogen and oxygen atoms in total. The number of ether oxygens (including phenoxy) is 1. The fourth-order valence-electron chi connectivity index (χ4n) is 2.37. The molecular formula is C14H20ClN3O. The first-order chi connectivity index (χ1) is 9.22. The van der Waals surface area contributed by atoms with Crippen molar-refractivity contribution in [2.45, 2.75) is 32.7 Å². The lowest BCUT2D eigenvalue weighted by Crippen LogP contribution is -2.17. The molecule has 1 atom stereocenters. The minimum absolute atomic E-state index is 0.252. The van der Waals surface area contributed by atoms with Gasteiger partial charge in [-0.25, -0.2) is 9.97 Å². The van der Waals surface area contributed by atoms with E-state index in [1.54, 1.807) is 7.11 Å². The van der Waals surface area contributed by atoms with Gasteiger partial charge in [-0.3, -0.25) is 0 Å². The van der Waals surface area contributed by atoms with Crippen molar-refractivity contribution in [2.24, 2.45) is 0 Å². The van der Waals surface area contributed by atoms with E-state index < -0.39 is 0 Å². The number of methoxy groups -OCH3 is 1. The van der Waals surface area contributed by atoms with E-state index in [1.165, 1.54) is 0 Å². The molecule has 0 saturated heterocycles. The van der Waals surface area contributed by atoms with Crippen LogP contribution in [0.15, 0.2) is 12.3 Å². The normalized spacial score (nSPS) is 13.1. The lowest BCUT2D eigenvalue weighted by atomic mass is 10.2. The van der Waals surface area contributed by atoms with Crippen LogP contribution in [0.1, 0.15) is 30.8 Å². The number of rotatable bonds is 6. The Hall–Kier alpha value is -1.13. The monoisotopic (exact) mass is 281 g/mol. The summed E-state index contributed by atoms with van der Waals surface area (Å²) in [7, 11) is 1.72. The Morgan fingerprint density at radius 3 is 2.89 bits per heavy atom. The van der Waals surface area contributed by atoms with Crippen LogP contribution < -0.4 is 0 Å². The minimum Gasteiger partial charge on any atom is -0.383 e. The molecule has 19 heavy (non-hydrogen) atoms. The van der Waals surface area contributed by atoms with Crippen molar-refractivity contribution in [1.29, 1.82) is 0 Å². The van der Waals surface area contributed by atoms with E-state index in [2.05, 4.69) is 23.4 Å². The topological polar surface area (TPSA) is 39.9 Å². The van der Waals surface area contributed by atoms with Gasteiger partial charge in [0, 0.05) is 25.6 Å². The van der Waals surface area contributed by atoms with Crippen molar-refractivity contribution < 1.29 is 4.74 Å². The van der Waals surface area contributed by atoms with Gasteiger partial charge in [-0.05, 0) is 25.0 Å². The van der Waals surface area contributed by atoms with Crippen molar-refractivity contribution in [2.75, 3.05) is 19.6 Å². The molecule has 0 radical (unpaired) electrons. The molecular weight excluding hydrogens is 262 g/mol. The molecule has 0 spiro atoms. The fraction of sp³-hybridized carbons (Fsp3) is 0.571. The van der Waals surface area contributed by atoms with Crippen molar-refractivity contribution in [3.8, 4) is 0 Å². The first-order valence-electron chi connectivity index (χ1n) is 6.60. The number of fused-ring (bicyclic) bond motifs is 1. The molecule has 2 rings (SSSR count). The zero-order valence-electron chi connectivity index (χ0n) is 11.7. The van der Waals surface area contributed by atoms with Gasteiger partial charge in [-0.2, -0.15) is 0 Å². The summed E-state index contributed by atoms with van der Waals surface area (Å²) in [6.07, 6.45) is 3.56. The highest BCUT2D eigenvalue weighted by Crippen LogP contribution is 2.24. The van der Waals surface area contributed by atoms with E-state index in [0.29, 0.717) is 12.5 Å². The van der Waals surface area contributed by atoms with E-state index in [-0.39, 0.29) is 6.04 Å². The molecule has 0 amide bonds. The Balaban J connectivity index is 2.60. The fourth-order valence-corrected chi connectivity index (χ4v) is 2.54. The summed E-state index contributed by atoms with van der Waals surface area (Å²) in [5.74, 6) is 1.56. The van der Waals surface area contributed by atoms with Crippen LogP contribution in [0.25, 0.3) is 11.2 Å². The van der Waals surface area contributed by atoms with Crippen molar-refractivity contribution in [3.05, 3.63) is 23.7 Å². The Labute approximate surface area is 118 Å². The number of nitrogens with zero attached hydrogens (tertiary/aromatic N) is 3. The second-order valence-corrected chi connectivity index (χ2v) is 5.03. The first-order valence-corrected chi connectivity index (χ1v) is 7.13. The highest BCUT2D eigenvalue weighted by atomic mass is 35.5. The summed E-state index contributed by atoms with van der Waals surface area (Å²) in [6.45, 7) is 4.87. The number of pyridine rings is 1. The predicted molar refractivity (Wildman–Crippen MR) is 77.9 cm³/mol. The average Bonchev–Trinajstić information content (AvgIpc) is 2.76. The van der Waals surface area contributed by atoms with Crippen LogP contribution in [0, 0.1) is 6.92 Å². The minimum atomic E-state index is 0.252. The van der Waals surface area contributed by atoms with Gasteiger partial charge in [0.25, 0.3) is 0 Å². The number of imidazole rings is 1. The quantitative estimate of drug-likeness (QED) is 0.764. The van der Waals surface area contributed by atoms with E-state index in [1.807, 2.05) is 12.3 Å². The lowest BCUT2D eigenvalue weighted by Gasteiger charge is -2.18. The highest BCUT2D eigenvalue weighted by molar-refractivity contribution is 6.17. The number of aryl methyl sites for hydroxylation is 2. The van der Waals surface area contributed by atoms with Gasteiger partial charge in [0.1, 0.15) is 11.3 Å². The van der Waals surface area contributed by atoms with Crippen LogP contribution in [-0.4, -0.2) is 34.1 Å². The average molecular weight is 282 g/mol. The Bertz CT molecular complexity index is 553. The Morgan fingerprint density at radius 1 is 1.47 bits per heavy atom. The first kappa shape index (κ1) is 14.3. The van der Waals surface area contributed by atoms with Crippen molar-refractivity contribution >= 4 is 22.8 Å². The SMILES string of the molecule is CCC(COC)n1c(CCCl)nc2c(C)ccnc21. The van der Waals surface area contributed by atoms with Gasteiger partial charge in [-0.1, -0.05) is 6.92 Å². The summed E-state index contributed by atoms with van der Waals surface area (Å²) in [4.78, 5) is 9.21. The number of alkyl halides is 1. The third kappa shape index (κ3) is 2.74. The third-order valence-electron chi connectivity index (χ3n) is 3.37. The predicted octanol–water partition coefficient (Wildman–Crippen LogP) is 3.12. The second kappa shape index (κ2) is 6.35. The second-order valence-electron chi connectivity index (χ2n) is 4.65. The van der Waals surface area contributed by atoms with Gasteiger partial charge in [0.2, 0.25) is 0 Å². The number of halogens is 1. The summed E-state index contributed by atoms with van der Waals surface area (Å²) in [5, 5.41) is 0. The molecule has 0 saturated carbocycles. The summed E-state index contributed by atoms with van der Waals surface area (Å²) < 4.78 is 7.51. The molecule has 2 aromatic rings. The van der Waals surface area contributed by atoms with Gasteiger partial charge in [-0.15, -0.1) is 11.6 Å². The smallest absolute Gasteiger partial charge is 0.160 e. The standard InChI is InChI=1S/C14H20ClN3O/c1-4-11(9-19-3)18-12(5-7-15)17-13-10(2)6-8-16-14(13)18/h6,8,11H,4-5,7,9H2,1-3H3. The van der Waals surface area contributed by atoms with Crippen LogP contribution in [-0.2, 0) is 11.2 Å². The third-order valence-corrected chi connectivity index (χ3v) is 3.56. The maximum Gasteiger partial charge on any atom is 0.160 e. The Kier molecular flexibility index (Phi) is 4.77. The van der Waals surface area contributed by atoms with E-state index in [4.69, 9.17) is 21.3 Å². The highest BCUT2D eigenvalue weighted by Gasteiger charge is 2.19. The molecule has 1 unspecified atom stereocenters. The zero-order valence-corrected chi connectivity index (χ0v) is 12.4. The molecule has 0 aliphatic carbocycles. The van der Waals surface area contributed by atoms with Gasteiger partial charge < -0.3 is 9.30 Å². The van der Waals surface area contributed by atoms with Crippen LogP contribution >= 0.6 is 11.6 Å². The van der Waals surface area contributed by atoms with Crippen LogP contribution in [0.5, 0.6) is 0 Å². The van der Waals surface area contributed by atoms with Crippen LogP contribution in [0.4, 0.5) is 0 Å². The van der Waals surface area contributed by atoms with Crippen molar-refractivity contribution in [1.82, 2.24) is 14.5 Å². The summed E-state index contributed by atoms with van der Waals surface area (Å²) in [5.41, 5.74) is 3.05. The number of aromatic nitrogens is 3. The molecule has 104 valence electrons. The zero-order chi connectivity index (χ0) is 13.8. The Morgan fingerprint density at radius 2 is 2.26 bits per heavy atom. The van der Waals surface area contributed by atoms with Gasteiger partial charge in [0.05, 0.1) is 12.6 Å². The maximum atomic E-state index is 5.90. The molecule has 0 aliphatic rings. The molecule has 0 aliphatic heterocycles. The molecule has 0 fully saturated rings. The van der Waals surface area contributed by atoms with Gasteiger partial charge >= 0.3 is 0 Å². The van der Waals surface area contributed by atoms with E-state index in [0.717, 1.165) is 35.4 Å². The number of hydrogen-bond donors (Lipinski definition) is 0. The molecule has 0 N–H and O–H groups in total.